The summed E-state index contributed by atoms with van der Waals surface area (Å²) in [5, 5.41) is 0. The van der Waals surface area contributed by atoms with Crippen LogP contribution in [0.25, 0.3) is 0 Å². The Morgan fingerprint density at radius 3 is 2.50 bits per heavy atom. The molecule has 0 atom stereocenters. The van der Waals surface area contributed by atoms with E-state index in [-0.39, 0.29) is 5.56 Å². The van der Waals surface area contributed by atoms with Gasteiger partial charge in [-0.25, -0.2) is 8.78 Å². The fourth-order valence-corrected chi connectivity index (χ4v) is 2.41. The van der Waals surface area contributed by atoms with Gasteiger partial charge >= 0.3 is 0 Å². The second-order valence-corrected chi connectivity index (χ2v) is 4.69. The van der Waals surface area contributed by atoms with Gasteiger partial charge in [0.1, 0.15) is 17.3 Å². The fraction of sp³-hybridized carbons (Fsp3) is 0.133. The minimum absolute atomic E-state index is 0.0362. The molecule has 0 unspecified atom stereocenters. The molecule has 0 saturated carbocycles. The highest BCUT2D eigenvalue weighted by atomic mass is 19.1. The van der Waals surface area contributed by atoms with Crippen molar-refractivity contribution in [1.82, 2.24) is 0 Å². The molecular formula is C15H12F2N2O. The number of amides is 1. The van der Waals surface area contributed by atoms with Crippen molar-refractivity contribution in [1.29, 1.82) is 0 Å². The smallest absolute Gasteiger partial charge is 0.258 e. The van der Waals surface area contributed by atoms with Crippen molar-refractivity contribution in [3.8, 4) is 0 Å². The van der Waals surface area contributed by atoms with Crippen LogP contribution >= 0.6 is 0 Å². The minimum Gasteiger partial charge on any atom is -0.394 e. The van der Waals surface area contributed by atoms with Gasteiger partial charge in [-0.05, 0) is 30.2 Å². The Morgan fingerprint density at radius 1 is 1.15 bits per heavy atom. The molecule has 0 aromatic heterocycles. The van der Waals surface area contributed by atoms with Crippen LogP contribution in [0.15, 0.2) is 36.4 Å². The van der Waals surface area contributed by atoms with Gasteiger partial charge in [0.15, 0.2) is 0 Å². The van der Waals surface area contributed by atoms with Crippen LogP contribution in [0.4, 0.5) is 20.2 Å². The molecule has 102 valence electrons. The van der Waals surface area contributed by atoms with E-state index in [9.17, 15) is 13.6 Å². The van der Waals surface area contributed by atoms with Crippen molar-refractivity contribution in [3.63, 3.8) is 0 Å². The Labute approximate surface area is 114 Å². The molecule has 3 rings (SSSR count). The lowest BCUT2D eigenvalue weighted by atomic mass is 10.1. The normalized spacial score (nSPS) is 13.4. The van der Waals surface area contributed by atoms with Crippen molar-refractivity contribution < 1.29 is 13.6 Å². The molecule has 1 heterocycles. The van der Waals surface area contributed by atoms with Gasteiger partial charge in [0.2, 0.25) is 0 Å². The van der Waals surface area contributed by atoms with E-state index in [2.05, 4.69) is 0 Å². The summed E-state index contributed by atoms with van der Waals surface area (Å²) in [7, 11) is 0. The Morgan fingerprint density at radius 2 is 1.80 bits per heavy atom. The molecule has 0 bridgehead atoms. The molecular weight excluding hydrogens is 262 g/mol. The van der Waals surface area contributed by atoms with Gasteiger partial charge in [0, 0.05) is 17.8 Å². The highest BCUT2D eigenvalue weighted by Gasteiger charge is 2.26. The standard InChI is InChI=1S/C15H12F2N2O/c16-11-7-10(8-12(17)14(11)18)15(20)19-6-5-9-3-1-2-4-13(9)19/h1-4,7-8H,5-6,18H2. The number of nitrogens with zero attached hydrogens (tertiary/aromatic N) is 1. The zero-order valence-corrected chi connectivity index (χ0v) is 10.6. The molecule has 1 aliphatic rings. The number of rotatable bonds is 1. The molecule has 3 nitrogen and oxygen atoms in total. The van der Waals surface area contributed by atoms with Crippen molar-refractivity contribution in [2.24, 2.45) is 0 Å². The first kappa shape index (κ1) is 12.6. The minimum atomic E-state index is -0.916. The first-order valence-electron chi connectivity index (χ1n) is 6.22. The van der Waals surface area contributed by atoms with Crippen LogP contribution in [0.1, 0.15) is 15.9 Å². The van der Waals surface area contributed by atoms with Crippen LogP contribution in [0, 0.1) is 11.6 Å². The number of carbonyl (C=O) groups excluding carboxylic acids is 1. The zero-order chi connectivity index (χ0) is 14.3. The Kier molecular flexibility index (Phi) is 2.89. The maximum Gasteiger partial charge on any atom is 0.258 e. The van der Waals surface area contributed by atoms with Crippen LogP contribution in [0.3, 0.4) is 0 Å². The fourth-order valence-electron chi connectivity index (χ4n) is 2.41. The molecule has 0 aliphatic carbocycles. The van der Waals surface area contributed by atoms with E-state index in [1.54, 1.807) is 0 Å². The molecule has 1 amide bonds. The zero-order valence-electron chi connectivity index (χ0n) is 10.6. The quantitative estimate of drug-likeness (QED) is 0.813. The summed E-state index contributed by atoms with van der Waals surface area (Å²) in [4.78, 5) is 13.9. The number of hydrogen-bond donors (Lipinski definition) is 1. The van der Waals surface area contributed by atoms with Gasteiger partial charge in [-0.1, -0.05) is 18.2 Å². The van der Waals surface area contributed by atoms with Crippen molar-refractivity contribution >= 4 is 17.3 Å². The predicted molar refractivity (Wildman–Crippen MR) is 72.6 cm³/mol. The molecule has 2 aromatic carbocycles. The van der Waals surface area contributed by atoms with Crippen molar-refractivity contribution in [3.05, 3.63) is 59.2 Å². The number of carbonyl (C=O) groups is 1. The SMILES string of the molecule is Nc1c(F)cc(C(=O)N2CCc3ccccc32)cc1F. The van der Waals surface area contributed by atoms with E-state index in [0.29, 0.717) is 6.54 Å². The number of nitrogen functional groups attached to an aromatic ring is 1. The molecule has 5 heteroatoms. The largest absolute Gasteiger partial charge is 0.394 e. The molecule has 0 fully saturated rings. The summed E-state index contributed by atoms with van der Waals surface area (Å²) in [5.41, 5.74) is 6.44. The summed E-state index contributed by atoms with van der Waals surface area (Å²) < 4.78 is 26.9. The van der Waals surface area contributed by atoms with Crippen molar-refractivity contribution in [2.75, 3.05) is 17.2 Å². The third-order valence-electron chi connectivity index (χ3n) is 3.46. The lowest BCUT2D eigenvalue weighted by molar-refractivity contribution is 0.0988. The first-order chi connectivity index (χ1) is 9.58. The van der Waals surface area contributed by atoms with Crippen LogP contribution in [0.5, 0.6) is 0 Å². The average molecular weight is 274 g/mol. The molecule has 0 radical (unpaired) electrons. The van der Waals surface area contributed by atoms with Gasteiger partial charge in [-0.15, -0.1) is 0 Å². The third kappa shape index (κ3) is 1.91. The maximum absolute atomic E-state index is 13.4. The second kappa shape index (κ2) is 4.59. The molecule has 0 saturated heterocycles. The van der Waals surface area contributed by atoms with E-state index in [4.69, 9.17) is 5.73 Å². The molecule has 20 heavy (non-hydrogen) atoms. The Hall–Kier alpha value is -2.43. The molecule has 1 aliphatic heterocycles. The summed E-state index contributed by atoms with van der Waals surface area (Å²) in [6.45, 7) is 0.506. The number of halogens is 2. The number of para-hydroxylation sites is 1. The van der Waals surface area contributed by atoms with Crippen LogP contribution in [0.2, 0.25) is 0 Å². The summed E-state index contributed by atoms with van der Waals surface area (Å²) in [6.07, 6.45) is 0.738. The molecule has 0 spiro atoms. The van der Waals surface area contributed by atoms with E-state index in [1.165, 1.54) is 4.90 Å². The van der Waals surface area contributed by atoms with Gasteiger partial charge in [-0.2, -0.15) is 0 Å². The Bertz CT molecular complexity index is 677. The predicted octanol–water partition coefficient (Wildman–Crippen LogP) is 2.75. The summed E-state index contributed by atoms with van der Waals surface area (Å²) in [5.74, 6) is -2.26. The number of fused-ring (bicyclic) bond motifs is 1. The van der Waals surface area contributed by atoms with Crippen LogP contribution in [-0.2, 0) is 6.42 Å². The number of nitrogens with two attached hydrogens (primary N) is 1. The average Bonchev–Trinajstić information content (AvgIpc) is 2.87. The van der Waals surface area contributed by atoms with Gasteiger partial charge in [0.25, 0.3) is 5.91 Å². The number of benzene rings is 2. The summed E-state index contributed by atoms with van der Waals surface area (Å²) in [6, 6.07) is 9.43. The Balaban J connectivity index is 1.99. The van der Waals surface area contributed by atoms with Gasteiger partial charge in [0.05, 0.1) is 0 Å². The highest BCUT2D eigenvalue weighted by Crippen LogP contribution is 2.29. The number of hydrogen-bond acceptors (Lipinski definition) is 2. The van der Waals surface area contributed by atoms with E-state index >= 15 is 0 Å². The third-order valence-corrected chi connectivity index (χ3v) is 3.46. The molecule has 2 N–H and O–H groups in total. The monoisotopic (exact) mass is 274 g/mol. The van der Waals surface area contributed by atoms with E-state index in [0.717, 1.165) is 29.8 Å². The van der Waals surface area contributed by atoms with Gasteiger partial charge in [-0.3, -0.25) is 4.79 Å². The van der Waals surface area contributed by atoms with Crippen LogP contribution < -0.4 is 10.6 Å². The summed E-state index contributed by atoms with van der Waals surface area (Å²) >= 11 is 0. The highest BCUT2D eigenvalue weighted by molar-refractivity contribution is 6.07. The van der Waals surface area contributed by atoms with E-state index in [1.807, 2.05) is 24.3 Å². The van der Waals surface area contributed by atoms with Gasteiger partial charge < -0.3 is 10.6 Å². The second-order valence-electron chi connectivity index (χ2n) is 4.69. The van der Waals surface area contributed by atoms with Crippen molar-refractivity contribution in [2.45, 2.75) is 6.42 Å². The topological polar surface area (TPSA) is 46.3 Å². The number of anilines is 2. The first-order valence-corrected chi connectivity index (χ1v) is 6.22. The lowest BCUT2D eigenvalue weighted by Gasteiger charge is -2.17. The van der Waals surface area contributed by atoms with Crippen LogP contribution in [-0.4, -0.2) is 12.5 Å². The molecule has 2 aromatic rings. The van der Waals surface area contributed by atoms with E-state index < -0.39 is 23.2 Å². The lowest BCUT2D eigenvalue weighted by Crippen LogP contribution is -2.29. The maximum atomic E-state index is 13.4.